The van der Waals surface area contributed by atoms with Crippen molar-refractivity contribution >= 4 is 23.9 Å². The second-order valence-electron chi connectivity index (χ2n) is 8.61. The molecule has 0 unspecified atom stereocenters. The fraction of sp³-hybridized carbons (Fsp3) is 0.833. The fourth-order valence-corrected chi connectivity index (χ4v) is 3.75. The second-order valence-corrected chi connectivity index (χ2v) is 8.61. The Labute approximate surface area is 221 Å². The van der Waals surface area contributed by atoms with Crippen LogP contribution < -0.4 is 0 Å². The van der Waals surface area contributed by atoms with Gasteiger partial charge < -0.3 is 48.1 Å². The van der Waals surface area contributed by atoms with Crippen molar-refractivity contribution in [3.8, 4) is 0 Å². The third-order valence-corrected chi connectivity index (χ3v) is 5.61. The van der Waals surface area contributed by atoms with E-state index in [4.69, 9.17) is 37.9 Å². The van der Waals surface area contributed by atoms with Crippen molar-refractivity contribution in [1.82, 2.24) is 0 Å². The highest BCUT2D eigenvalue weighted by Gasteiger charge is 2.44. The lowest BCUT2D eigenvalue weighted by Gasteiger charge is -2.31. The van der Waals surface area contributed by atoms with Gasteiger partial charge in [-0.15, -0.1) is 0 Å². The van der Waals surface area contributed by atoms with Gasteiger partial charge in [-0.2, -0.15) is 0 Å². The monoisotopic (exact) mass is 552 g/mol. The van der Waals surface area contributed by atoms with Gasteiger partial charge >= 0.3 is 23.9 Å². The smallest absolute Gasteiger partial charge is 0.303 e. The van der Waals surface area contributed by atoms with Gasteiger partial charge in [0.15, 0.2) is 12.2 Å². The molecule has 0 bridgehead atoms. The van der Waals surface area contributed by atoms with E-state index in [0.717, 1.165) is 0 Å². The highest BCUT2D eigenvalue weighted by atomic mass is 16.7. The summed E-state index contributed by atoms with van der Waals surface area (Å²) in [6, 6.07) is 0. The van der Waals surface area contributed by atoms with Gasteiger partial charge in [0, 0.05) is 27.7 Å². The zero-order chi connectivity index (χ0) is 28.8. The minimum absolute atomic E-state index is 0.158. The Morgan fingerprint density at radius 2 is 0.921 bits per heavy atom. The predicted molar refractivity (Wildman–Crippen MR) is 126 cm³/mol. The molecule has 38 heavy (non-hydrogen) atoms. The first-order chi connectivity index (χ1) is 17.9. The van der Waals surface area contributed by atoms with Gasteiger partial charge in [-0.25, -0.2) is 0 Å². The number of rotatable bonds is 8. The first kappa shape index (κ1) is 33.7. The van der Waals surface area contributed by atoms with Crippen LogP contribution in [0, 0.1) is 0 Å². The van der Waals surface area contributed by atoms with Crippen LogP contribution in [0.1, 0.15) is 54.4 Å². The summed E-state index contributed by atoms with van der Waals surface area (Å²) in [5.74, 6) is -2.44. The van der Waals surface area contributed by atoms with E-state index >= 15 is 0 Å². The van der Waals surface area contributed by atoms with Crippen molar-refractivity contribution in [2.24, 2.45) is 0 Å². The number of aliphatic hydroxyl groups excluding tert-OH is 2. The summed E-state index contributed by atoms with van der Waals surface area (Å²) in [6.45, 7) is 7.98. The molecule has 0 radical (unpaired) electrons. The Kier molecular flexibility index (Phi) is 15.3. The fourth-order valence-electron chi connectivity index (χ4n) is 3.75. The number of hydrogen-bond acceptors (Lipinski definition) is 14. The van der Waals surface area contributed by atoms with Gasteiger partial charge in [0.2, 0.25) is 0 Å². The zero-order valence-electron chi connectivity index (χ0n) is 22.7. The summed E-state index contributed by atoms with van der Waals surface area (Å²) in [7, 11) is 0. The minimum Gasteiger partial charge on any atom is -0.463 e. The highest BCUT2D eigenvalue weighted by Crippen LogP contribution is 2.23. The molecule has 14 nitrogen and oxygen atoms in total. The standard InChI is InChI=1S/C15H22O10.C9H18O4/c1-8(16)20-5-12-14(24-10(3)18)15(25-11(4)19)13(23-7-22-12)6-21-9(2)17;1-3-6-8(10)9(11)7(4-2)13-5-12-6/h12-15H,5-7H2,1-4H3;6-11H,3-5H2,1-2H3/t12-,13-,14-,15-;6-,7-,8-,9-/m00/s1. The molecule has 2 heterocycles. The Balaban J connectivity index is 0.000000464. The third kappa shape index (κ3) is 11.6. The maximum Gasteiger partial charge on any atom is 0.303 e. The molecule has 0 amide bonds. The normalized spacial score (nSPS) is 31.4. The maximum atomic E-state index is 11.5. The van der Waals surface area contributed by atoms with E-state index in [1.165, 1.54) is 27.7 Å². The molecule has 8 atom stereocenters. The average Bonchev–Trinajstić information content (AvgIpc) is 3.08. The molecular weight excluding hydrogens is 512 g/mol. The van der Waals surface area contributed by atoms with Crippen molar-refractivity contribution in [3.05, 3.63) is 0 Å². The van der Waals surface area contributed by atoms with Crippen molar-refractivity contribution in [2.45, 2.75) is 103 Å². The first-order valence-corrected chi connectivity index (χ1v) is 12.3. The summed E-state index contributed by atoms with van der Waals surface area (Å²) < 4.78 is 41.5. The van der Waals surface area contributed by atoms with Crippen molar-refractivity contribution < 1.29 is 67.3 Å². The Morgan fingerprint density at radius 3 is 1.18 bits per heavy atom. The number of carbonyl (C=O) groups is 4. The predicted octanol–water partition coefficient (Wildman–Crippen LogP) is -0.0128. The lowest BCUT2D eigenvalue weighted by atomic mass is 10.0. The summed E-state index contributed by atoms with van der Waals surface area (Å²) in [5, 5.41) is 19.3. The molecule has 0 saturated carbocycles. The molecule has 2 aliphatic rings. The van der Waals surface area contributed by atoms with E-state index < -0.39 is 60.5 Å². The van der Waals surface area contributed by atoms with E-state index in [-0.39, 0.29) is 39.0 Å². The van der Waals surface area contributed by atoms with Crippen LogP contribution in [0.3, 0.4) is 0 Å². The lowest BCUT2D eigenvalue weighted by Crippen LogP contribution is -2.51. The topological polar surface area (TPSA) is 183 Å². The van der Waals surface area contributed by atoms with Gasteiger partial charge in [0.1, 0.15) is 51.2 Å². The van der Waals surface area contributed by atoms with E-state index in [1.807, 2.05) is 13.8 Å². The van der Waals surface area contributed by atoms with Gasteiger partial charge in [-0.05, 0) is 12.8 Å². The molecule has 2 saturated heterocycles. The van der Waals surface area contributed by atoms with Crippen LogP contribution in [-0.2, 0) is 57.1 Å². The van der Waals surface area contributed by atoms with Crippen molar-refractivity contribution in [3.63, 3.8) is 0 Å². The number of carbonyl (C=O) groups excluding carboxylic acids is 4. The molecule has 220 valence electrons. The van der Waals surface area contributed by atoms with E-state index in [1.54, 1.807) is 0 Å². The second kappa shape index (κ2) is 17.3. The van der Waals surface area contributed by atoms with Gasteiger partial charge in [-0.1, -0.05) is 13.8 Å². The summed E-state index contributed by atoms with van der Waals surface area (Å²) >= 11 is 0. The highest BCUT2D eigenvalue weighted by molar-refractivity contribution is 5.68. The molecular formula is C24H40O14. The molecule has 0 aromatic heterocycles. The molecule has 0 aromatic rings. The number of aliphatic hydroxyl groups is 2. The van der Waals surface area contributed by atoms with Crippen molar-refractivity contribution in [1.29, 1.82) is 0 Å². The summed E-state index contributed by atoms with van der Waals surface area (Å²) in [6.07, 6.45) is -5.05. The van der Waals surface area contributed by atoms with Crippen LogP contribution in [0.15, 0.2) is 0 Å². The lowest BCUT2D eigenvalue weighted by molar-refractivity contribution is -0.184. The number of esters is 4. The molecule has 2 aliphatic heterocycles. The number of ether oxygens (including phenoxy) is 8. The summed E-state index contributed by atoms with van der Waals surface area (Å²) in [4.78, 5) is 45.0. The molecule has 0 aliphatic carbocycles. The largest absolute Gasteiger partial charge is 0.463 e. The molecule has 2 N–H and O–H groups in total. The maximum absolute atomic E-state index is 11.5. The molecule has 0 aromatic carbocycles. The van der Waals surface area contributed by atoms with Gasteiger partial charge in [-0.3, -0.25) is 19.2 Å². The van der Waals surface area contributed by atoms with Crippen molar-refractivity contribution in [2.75, 3.05) is 26.8 Å². The van der Waals surface area contributed by atoms with E-state index in [2.05, 4.69) is 0 Å². The van der Waals surface area contributed by atoms with Crippen LogP contribution in [0.4, 0.5) is 0 Å². The Morgan fingerprint density at radius 1 is 0.605 bits per heavy atom. The van der Waals surface area contributed by atoms with Crippen LogP contribution in [0.2, 0.25) is 0 Å². The molecule has 0 spiro atoms. The van der Waals surface area contributed by atoms with Gasteiger partial charge in [0.25, 0.3) is 0 Å². The van der Waals surface area contributed by atoms with E-state index in [0.29, 0.717) is 12.8 Å². The minimum atomic E-state index is -1.12. The Hall–Kier alpha value is -2.36. The molecule has 14 heteroatoms. The van der Waals surface area contributed by atoms with Crippen LogP contribution in [-0.4, -0.2) is 110 Å². The summed E-state index contributed by atoms with van der Waals surface area (Å²) in [5.41, 5.74) is 0. The zero-order valence-corrected chi connectivity index (χ0v) is 22.7. The number of hydrogen-bond donors (Lipinski definition) is 2. The van der Waals surface area contributed by atoms with Crippen LogP contribution in [0.5, 0.6) is 0 Å². The molecule has 2 rings (SSSR count). The van der Waals surface area contributed by atoms with Crippen LogP contribution in [0.25, 0.3) is 0 Å². The quantitative estimate of drug-likeness (QED) is 0.303. The van der Waals surface area contributed by atoms with Crippen LogP contribution >= 0.6 is 0 Å². The SMILES string of the molecule is CC(=O)OC[C@@H]1OCO[C@@H](COC(C)=O)[C@H](OC(C)=O)[C@H]1OC(C)=O.CC[C@@H]1OCO[C@@H](CC)[C@H](O)[C@H]1O. The average molecular weight is 553 g/mol. The third-order valence-electron chi connectivity index (χ3n) is 5.61. The van der Waals surface area contributed by atoms with E-state index in [9.17, 15) is 29.4 Å². The van der Waals surface area contributed by atoms with Gasteiger partial charge in [0.05, 0.1) is 12.2 Å². The Bertz CT molecular complexity index is 698. The first-order valence-electron chi connectivity index (χ1n) is 12.3. The molecule has 2 fully saturated rings.